The third-order valence-electron chi connectivity index (χ3n) is 6.10. The number of aliphatic hydroxyl groups excluding tert-OH is 1. The fourth-order valence-corrected chi connectivity index (χ4v) is 4.79. The van der Waals surface area contributed by atoms with Crippen molar-refractivity contribution in [3.63, 3.8) is 0 Å². The molecule has 0 saturated carbocycles. The topological polar surface area (TPSA) is 53.0 Å². The molecule has 2 aromatic carbocycles. The fourth-order valence-electron chi connectivity index (χ4n) is 4.79. The molecule has 3 atom stereocenters. The van der Waals surface area contributed by atoms with Crippen molar-refractivity contribution >= 4 is 11.6 Å². The van der Waals surface area contributed by atoms with Crippen LogP contribution in [0.3, 0.4) is 0 Å². The van der Waals surface area contributed by atoms with Gasteiger partial charge in [0, 0.05) is 32.3 Å². The predicted molar refractivity (Wildman–Crippen MR) is 106 cm³/mol. The number of likely N-dealkylation sites (tertiary alicyclic amines) is 1. The van der Waals surface area contributed by atoms with Crippen LogP contribution in [-0.2, 0) is 9.53 Å². The highest BCUT2D eigenvalue weighted by Crippen LogP contribution is 2.49. The van der Waals surface area contributed by atoms with E-state index in [4.69, 9.17) is 4.74 Å². The van der Waals surface area contributed by atoms with E-state index in [2.05, 4.69) is 11.0 Å². The maximum atomic E-state index is 13.7. The molecular weight excluding hydrogens is 359 g/mol. The minimum absolute atomic E-state index is 0.0368. The normalized spacial score (nSPS) is 23.5. The average Bonchev–Trinajstić information content (AvgIpc) is 3.13. The fraction of sp³-hybridized carbons (Fsp3) is 0.409. The number of hydrogen-bond acceptors (Lipinski definition) is 4. The molecule has 0 spiro atoms. The minimum Gasteiger partial charge on any atom is -0.394 e. The van der Waals surface area contributed by atoms with Crippen LogP contribution in [0.2, 0.25) is 0 Å². The molecule has 148 valence electrons. The van der Waals surface area contributed by atoms with Gasteiger partial charge in [0.2, 0.25) is 5.91 Å². The number of anilines is 1. The van der Waals surface area contributed by atoms with Crippen LogP contribution < -0.4 is 4.90 Å². The number of hydrogen-bond donors (Lipinski definition) is 1. The second-order valence-corrected chi connectivity index (χ2v) is 7.56. The van der Waals surface area contributed by atoms with Crippen LogP contribution in [-0.4, -0.2) is 55.9 Å². The summed E-state index contributed by atoms with van der Waals surface area (Å²) in [5, 5.41) is 10.0. The van der Waals surface area contributed by atoms with E-state index in [9.17, 15) is 14.3 Å². The lowest BCUT2D eigenvalue weighted by Gasteiger charge is -2.44. The Morgan fingerprint density at radius 2 is 2.04 bits per heavy atom. The Morgan fingerprint density at radius 1 is 1.25 bits per heavy atom. The van der Waals surface area contributed by atoms with E-state index >= 15 is 0 Å². The van der Waals surface area contributed by atoms with Crippen molar-refractivity contribution < 1.29 is 19.0 Å². The predicted octanol–water partition coefficient (Wildman–Crippen LogP) is 2.84. The van der Waals surface area contributed by atoms with Crippen LogP contribution in [0.25, 0.3) is 11.1 Å². The summed E-state index contributed by atoms with van der Waals surface area (Å²) in [6, 6.07) is 12.4. The summed E-state index contributed by atoms with van der Waals surface area (Å²) in [5.41, 5.74) is 3.76. The molecule has 4 rings (SSSR count). The molecule has 1 N–H and O–H groups in total. The lowest BCUT2D eigenvalue weighted by atomic mass is 9.81. The van der Waals surface area contributed by atoms with Gasteiger partial charge in [0.25, 0.3) is 0 Å². The number of ether oxygens (including phenoxy) is 1. The highest BCUT2D eigenvalue weighted by molar-refractivity contribution is 5.80. The molecule has 28 heavy (non-hydrogen) atoms. The molecular formula is C22H25FN2O3. The molecule has 2 heterocycles. The number of likely N-dealkylation sites (N-methyl/N-ethyl adjacent to an activating group) is 1. The van der Waals surface area contributed by atoms with E-state index < -0.39 is 0 Å². The Balaban J connectivity index is 1.81. The van der Waals surface area contributed by atoms with Crippen molar-refractivity contribution in [3.05, 3.63) is 53.8 Å². The second-order valence-electron chi connectivity index (χ2n) is 7.56. The first-order valence-electron chi connectivity index (χ1n) is 9.57. The van der Waals surface area contributed by atoms with Crippen molar-refractivity contribution in [2.24, 2.45) is 5.92 Å². The maximum Gasteiger partial charge on any atom is 0.249 e. The first kappa shape index (κ1) is 18.9. The third-order valence-corrected chi connectivity index (χ3v) is 6.10. The van der Waals surface area contributed by atoms with Gasteiger partial charge in [-0.1, -0.05) is 18.2 Å². The van der Waals surface area contributed by atoms with Gasteiger partial charge in [-0.05, 0) is 47.4 Å². The number of carbonyl (C=O) groups excluding carboxylic acids is 1. The van der Waals surface area contributed by atoms with E-state index in [1.165, 1.54) is 19.2 Å². The molecule has 2 aliphatic rings. The summed E-state index contributed by atoms with van der Waals surface area (Å²) in [6.07, 6.45) is 0.833. The zero-order valence-electron chi connectivity index (χ0n) is 16.1. The van der Waals surface area contributed by atoms with Crippen molar-refractivity contribution in [1.82, 2.24) is 4.90 Å². The number of nitrogens with zero attached hydrogens (tertiary/aromatic N) is 2. The Labute approximate surface area is 164 Å². The largest absolute Gasteiger partial charge is 0.394 e. The van der Waals surface area contributed by atoms with Gasteiger partial charge in [-0.2, -0.15) is 0 Å². The molecule has 0 aliphatic carbocycles. The number of halogens is 1. The van der Waals surface area contributed by atoms with Gasteiger partial charge in [0.15, 0.2) is 0 Å². The number of amides is 1. The number of methoxy groups -OCH3 is 1. The summed E-state index contributed by atoms with van der Waals surface area (Å²) in [7, 11) is 3.50. The Morgan fingerprint density at radius 3 is 2.75 bits per heavy atom. The molecule has 6 heteroatoms. The smallest absolute Gasteiger partial charge is 0.249 e. The monoisotopic (exact) mass is 384 g/mol. The van der Waals surface area contributed by atoms with Gasteiger partial charge in [-0.15, -0.1) is 0 Å². The number of carbonyl (C=O) groups is 1. The summed E-state index contributed by atoms with van der Waals surface area (Å²) < 4.78 is 18.8. The van der Waals surface area contributed by atoms with Crippen molar-refractivity contribution in [2.45, 2.75) is 18.5 Å². The van der Waals surface area contributed by atoms with Crippen LogP contribution in [0.1, 0.15) is 18.0 Å². The summed E-state index contributed by atoms with van der Waals surface area (Å²) in [4.78, 5) is 16.6. The summed E-state index contributed by atoms with van der Waals surface area (Å²) in [6.45, 7) is 0.725. The van der Waals surface area contributed by atoms with Crippen molar-refractivity contribution in [1.29, 1.82) is 0 Å². The van der Waals surface area contributed by atoms with Crippen molar-refractivity contribution in [2.75, 3.05) is 38.8 Å². The van der Waals surface area contributed by atoms with E-state index in [0.717, 1.165) is 28.8 Å². The van der Waals surface area contributed by atoms with E-state index in [1.54, 1.807) is 6.07 Å². The Hall–Kier alpha value is -2.44. The van der Waals surface area contributed by atoms with E-state index in [1.807, 2.05) is 30.1 Å². The third kappa shape index (κ3) is 3.06. The lowest BCUT2D eigenvalue weighted by molar-refractivity contribution is -0.136. The average molecular weight is 384 g/mol. The summed E-state index contributed by atoms with van der Waals surface area (Å²) in [5.74, 6) is -0.173. The highest BCUT2D eigenvalue weighted by atomic mass is 19.1. The van der Waals surface area contributed by atoms with Crippen LogP contribution in [0.15, 0.2) is 42.5 Å². The number of rotatable bonds is 4. The molecule has 1 saturated heterocycles. The van der Waals surface area contributed by atoms with Crippen molar-refractivity contribution in [3.8, 4) is 11.1 Å². The van der Waals surface area contributed by atoms with Gasteiger partial charge in [-0.3, -0.25) is 4.79 Å². The first-order valence-corrected chi connectivity index (χ1v) is 9.57. The Kier molecular flexibility index (Phi) is 5.08. The van der Waals surface area contributed by atoms with Crippen LogP contribution in [0, 0.1) is 11.7 Å². The molecule has 0 bridgehead atoms. The molecule has 2 aliphatic heterocycles. The van der Waals surface area contributed by atoms with Crippen LogP contribution in [0.4, 0.5) is 10.1 Å². The quantitative estimate of drug-likeness (QED) is 0.881. The summed E-state index contributed by atoms with van der Waals surface area (Å²) >= 11 is 0. The van der Waals surface area contributed by atoms with Crippen LogP contribution >= 0.6 is 0 Å². The molecule has 1 fully saturated rings. The zero-order chi connectivity index (χ0) is 19.8. The van der Waals surface area contributed by atoms with E-state index in [0.29, 0.717) is 6.54 Å². The lowest BCUT2D eigenvalue weighted by Crippen LogP contribution is -2.48. The molecule has 0 radical (unpaired) electrons. The number of benzene rings is 2. The van der Waals surface area contributed by atoms with Gasteiger partial charge >= 0.3 is 0 Å². The Bertz CT molecular complexity index is 888. The van der Waals surface area contributed by atoms with Gasteiger partial charge in [0.05, 0.1) is 18.7 Å². The second kappa shape index (κ2) is 7.53. The first-order chi connectivity index (χ1) is 13.5. The zero-order valence-corrected chi connectivity index (χ0v) is 16.1. The standard InChI is InChI=1S/C22H25FN2O3/c1-24-19-7-6-15(14-4-3-5-16(23)10-14)11-18(19)22-17(20(24)12-26)8-9-25(22)21(27)13-28-2/h3-7,10-11,17,20,22,26H,8-9,12-13H2,1-2H3/t17-,20-,22-/m1/s1. The highest BCUT2D eigenvalue weighted by Gasteiger charge is 2.47. The molecule has 0 aromatic heterocycles. The van der Waals surface area contributed by atoms with Gasteiger partial charge in [-0.25, -0.2) is 4.39 Å². The van der Waals surface area contributed by atoms with E-state index in [-0.39, 0.29) is 42.9 Å². The SMILES string of the molecule is COCC(=O)N1CC[C@@H]2[C@@H](CO)N(C)c3ccc(-c4cccc(F)c4)cc3[C@@H]21. The molecule has 0 unspecified atom stereocenters. The molecule has 5 nitrogen and oxygen atoms in total. The van der Waals surface area contributed by atoms with Gasteiger partial charge in [0.1, 0.15) is 12.4 Å². The van der Waals surface area contributed by atoms with Gasteiger partial charge < -0.3 is 19.6 Å². The minimum atomic E-state index is -0.275. The molecule has 1 amide bonds. The maximum absolute atomic E-state index is 13.7. The van der Waals surface area contributed by atoms with Crippen LogP contribution in [0.5, 0.6) is 0 Å². The number of fused-ring (bicyclic) bond motifs is 3. The molecule has 2 aromatic rings. The number of aliphatic hydroxyl groups is 1.